The molecule has 0 radical (unpaired) electrons. The predicted molar refractivity (Wildman–Crippen MR) is 125 cm³/mol. The molecule has 2 N–H and O–H groups in total. The van der Waals surface area contributed by atoms with E-state index in [2.05, 4.69) is 16.9 Å². The molecule has 1 aromatic heterocycles. The fraction of sp³-hybridized carbons (Fsp3) is 0.708. The van der Waals surface area contributed by atoms with Crippen molar-refractivity contribution in [1.82, 2.24) is 9.97 Å². The summed E-state index contributed by atoms with van der Waals surface area (Å²) >= 11 is 0. The first-order valence-electron chi connectivity index (χ1n) is 12.0. The smallest absolute Gasteiger partial charge is 0.296 e. The summed E-state index contributed by atoms with van der Waals surface area (Å²) in [5.74, 6) is 0.788. The molecule has 0 atom stereocenters. The lowest BCUT2D eigenvalue weighted by molar-refractivity contribution is 0.484. The molecule has 0 fully saturated rings. The molecular weight excluding hydrogens is 396 g/mol. The van der Waals surface area contributed by atoms with Crippen LogP contribution in [0.1, 0.15) is 109 Å². The number of imidazole rings is 1. The maximum absolute atomic E-state index is 11.5. The maximum atomic E-state index is 11.5. The molecule has 30 heavy (non-hydrogen) atoms. The Bertz CT molecular complexity index is 830. The van der Waals surface area contributed by atoms with Crippen molar-refractivity contribution >= 4 is 21.2 Å². The number of nitrogens with one attached hydrogen (secondary N) is 1. The van der Waals surface area contributed by atoms with Crippen LogP contribution in [0.4, 0.5) is 0 Å². The lowest BCUT2D eigenvalue weighted by Crippen LogP contribution is -1.98. The van der Waals surface area contributed by atoms with Gasteiger partial charge in [0.25, 0.3) is 10.1 Å². The first kappa shape index (κ1) is 24.9. The number of rotatable bonds is 17. The molecular formula is C24H40N2O3S. The third-order valence-electron chi connectivity index (χ3n) is 5.82. The van der Waals surface area contributed by atoms with Gasteiger partial charge in [0, 0.05) is 6.42 Å². The fourth-order valence-electron chi connectivity index (χ4n) is 4.05. The topological polar surface area (TPSA) is 83.1 Å². The molecule has 0 aliphatic heterocycles. The summed E-state index contributed by atoms with van der Waals surface area (Å²) in [6.07, 6.45) is 20.8. The standard InChI is InChI=1S/C24H40N2O3S/c1-2-3-4-5-6-7-8-9-10-11-12-13-14-15-16-20-23-25-21-18-17-19-22(24(21)26-23)30(27,28)29/h17-19H,2-16,20H2,1H3,(H,25,26)(H,27,28,29). The molecule has 2 rings (SSSR count). The highest BCUT2D eigenvalue weighted by molar-refractivity contribution is 7.86. The van der Waals surface area contributed by atoms with Crippen LogP contribution in [0.2, 0.25) is 0 Å². The van der Waals surface area contributed by atoms with Crippen molar-refractivity contribution < 1.29 is 13.0 Å². The van der Waals surface area contributed by atoms with Gasteiger partial charge in [0.05, 0.1) is 5.52 Å². The van der Waals surface area contributed by atoms with Crippen LogP contribution in [0.3, 0.4) is 0 Å². The first-order valence-corrected chi connectivity index (χ1v) is 13.4. The van der Waals surface area contributed by atoms with Gasteiger partial charge in [-0.05, 0) is 18.6 Å². The summed E-state index contributed by atoms with van der Waals surface area (Å²) in [5.41, 5.74) is 0.983. The van der Waals surface area contributed by atoms with E-state index in [1.165, 1.54) is 96.0 Å². The molecule has 1 aromatic carbocycles. The molecule has 0 spiro atoms. The molecule has 170 valence electrons. The Morgan fingerprint density at radius 3 is 1.80 bits per heavy atom. The zero-order valence-electron chi connectivity index (χ0n) is 18.7. The van der Waals surface area contributed by atoms with E-state index in [0.29, 0.717) is 11.0 Å². The summed E-state index contributed by atoms with van der Waals surface area (Å²) in [7, 11) is -4.25. The van der Waals surface area contributed by atoms with E-state index >= 15 is 0 Å². The Morgan fingerprint density at radius 1 is 0.800 bits per heavy atom. The lowest BCUT2D eigenvalue weighted by atomic mass is 10.0. The maximum Gasteiger partial charge on any atom is 0.296 e. The SMILES string of the molecule is CCCCCCCCCCCCCCCCCc1nc2c(S(=O)(=O)O)cccc2[nH]1. The van der Waals surface area contributed by atoms with Crippen molar-refractivity contribution in [3.63, 3.8) is 0 Å². The quantitative estimate of drug-likeness (QED) is 0.202. The van der Waals surface area contributed by atoms with Crippen LogP contribution >= 0.6 is 0 Å². The minimum Gasteiger partial charge on any atom is -0.342 e. The van der Waals surface area contributed by atoms with Crippen LogP contribution in [-0.2, 0) is 16.5 Å². The summed E-state index contributed by atoms with van der Waals surface area (Å²) in [5, 5.41) is 0. The van der Waals surface area contributed by atoms with Gasteiger partial charge in [-0.15, -0.1) is 0 Å². The number of nitrogens with zero attached hydrogens (tertiary/aromatic N) is 1. The van der Waals surface area contributed by atoms with Gasteiger partial charge in [0.1, 0.15) is 16.2 Å². The molecule has 0 bridgehead atoms. The number of unbranched alkanes of at least 4 members (excludes halogenated alkanes) is 14. The van der Waals surface area contributed by atoms with Crippen molar-refractivity contribution in [1.29, 1.82) is 0 Å². The predicted octanol–water partition coefficient (Wildman–Crippen LogP) is 7.22. The Balaban J connectivity index is 1.50. The number of H-pyrrole nitrogens is 1. The van der Waals surface area contributed by atoms with E-state index in [0.717, 1.165) is 18.7 Å². The number of benzene rings is 1. The van der Waals surface area contributed by atoms with E-state index in [1.54, 1.807) is 12.1 Å². The molecule has 6 heteroatoms. The fourth-order valence-corrected chi connectivity index (χ4v) is 4.70. The number of aromatic nitrogens is 2. The highest BCUT2D eigenvalue weighted by atomic mass is 32.2. The Hall–Kier alpha value is -1.40. The number of hydrogen-bond acceptors (Lipinski definition) is 3. The number of aryl methyl sites for hydroxylation is 1. The second-order valence-corrected chi connectivity index (χ2v) is 9.90. The zero-order valence-corrected chi connectivity index (χ0v) is 19.5. The van der Waals surface area contributed by atoms with Gasteiger partial charge in [-0.2, -0.15) is 8.42 Å². The highest BCUT2D eigenvalue weighted by Crippen LogP contribution is 2.21. The van der Waals surface area contributed by atoms with Crippen LogP contribution in [-0.4, -0.2) is 22.9 Å². The molecule has 2 aromatic rings. The minimum absolute atomic E-state index is 0.126. The molecule has 1 heterocycles. The lowest BCUT2D eigenvalue weighted by Gasteiger charge is -2.03. The average molecular weight is 437 g/mol. The van der Waals surface area contributed by atoms with E-state index in [-0.39, 0.29) is 4.90 Å². The van der Waals surface area contributed by atoms with E-state index in [4.69, 9.17) is 0 Å². The van der Waals surface area contributed by atoms with Crippen LogP contribution in [0.15, 0.2) is 23.1 Å². The van der Waals surface area contributed by atoms with Gasteiger partial charge >= 0.3 is 0 Å². The van der Waals surface area contributed by atoms with Crippen molar-refractivity contribution in [3.8, 4) is 0 Å². The second kappa shape index (κ2) is 13.8. The molecule has 5 nitrogen and oxygen atoms in total. The van der Waals surface area contributed by atoms with Crippen molar-refractivity contribution in [2.24, 2.45) is 0 Å². The third kappa shape index (κ3) is 9.17. The molecule has 0 unspecified atom stereocenters. The summed E-state index contributed by atoms with van der Waals surface area (Å²) in [6, 6.07) is 4.78. The largest absolute Gasteiger partial charge is 0.342 e. The Labute approximate surface area is 182 Å². The number of aromatic amines is 1. The van der Waals surface area contributed by atoms with Crippen molar-refractivity contribution in [3.05, 3.63) is 24.0 Å². The third-order valence-corrected chi connectivity index (χ3v) is 6.71. The van der Waals surface area contributed by atoms with Gasteiger partial charge < -0.3 is 4.98 Å². The number of para-hydroxylation sites is 1. The van der Waals surface area contributed by atoms with Gasteiger partial charge in [-0.3, -0.25) is 4.55 Å². The first-order chi connectivity index (χ1) is 14.5. The molecule has 0 aliphatic carbocycles. The summed E-state index contributed by atoms with van der Waals surface area (Å²) in [4.78, 5) is 7.43. The zero-order chi connectivity index (χ0) is 21.7. The number of fused-ring (bicyclic) bond motifs is 1. The molecule has 0 aliphatic rings. The second-order valence-electron chi connectivity index (χ2n) is 8.51. The van der Waals surface area contributed by atoms with E-state index < -0.39 is 10.1 Å². The van der Waals surface area contributed by atoms with Gasteiger partial charge in [-0.1, -0.05) is 103 Å². The molecule has 0 saturated carbocycles. The average Bonchev–Trinajstić information content (AvgIpc) is 3.13. The van der Waals surface area contributed by atoms with E-state index in [1.807, 2.05) is 0 Å². The van der Waals surface area contributed by atoms with Gasteiger partial charge in [0.15, 0.2) is 0 Å². The van der Waals surface area contributed by atoms with Crippen molar-refractivity contribution in [2.45, 2.75) is 115 Å². The normalized spacial score (nSPS) is 12.1. The van der Waals surface area contributed by atoms with Crippen LogP contribution in [0, 0.1) is 0 Å². The molecule has 0 amide bonds. The van der Waals surface area contributed by atoms with E-state index in [9.17, 15) is 13.0 Å². The van der Waals surface area contributed by atoms with Gasteiger partial charge in [-0.25, -0.2) is 4.98 Å². The highest BCUT2D eigenvalue weighted by Gasteiger charge is 2.16. The monoisotopic (exact) mass is 436 g/mol. The molecule has 0 saturated heterocycles. The Morgan fingerprint density at radius 2 is 1.30 bits per heavy atom. The van der Waals surface area contributed by atoms with Crippen LogP contribution in [0.25, 0.3) is 11.0 Å². The van der Waals surface area contributed by atoms with Crippen LogP contribution < -0.4 is 0 Å². The number of hydrogen-bond donors (Lipinski definition) is 2. The summed E-state index contributed by atoms with van der Waals surface area (Å²) in [6.45, 7) is 2.27. The summed E-state index contributed by atoms with van der Waals surface area (Å²) < 4.78 is 32.3. The van der Waals surface area contributed by atoms with Gasteiger partial charge in [0.2, 0.25) is 0 Å². The van der Waals surface area contributed by atoms with Crippen LogP contribution in [0.5, 0.6) is 0 Å². The minimum atomic E-state index is -4.25. The Kier molecular flexibility index (Phi) is 11.4. The van der Waals surface area contributed by atoms with Crippen molar-refractivity contribution in [2.75, 3.05) is 0 Å².